The molecule has 3 unspecified atom stereocenters. The molecule has 1 aliphatic heterocycles. The van der Waals surface area contributed by atoms with Crippen molar-refractivity contribution < 1.29 is 5.11 Å². The molecule has 3 rings (SSSR count). The summed E-state index contributed by atoms with van der Waals surface area (Å²) in [7, 11) is 0. The summed E-state index contributed by atoms with van der Waals surface area (Å²) in [6.45, 7) is 5.76. The molecule has 2 nitrogen and oxygen atoms in total. The van der Waals surface area contributed by atoms with Crippen molar-refractivity contribution in [2.24, 2.45) is 5.92 Å². The number of phenols is 1. The standard InChI is InChI=1S/C19H29NO/c1-3-5-18-17-8-6-14-13-15(21)7-9-16(14)19(17,10-4-2)11-12-20-18/h7,9,13,17-18,20-21H,3-6,8,10-12H2,1-2H3. The lowest BCUT2D eigenvalue weighted by molar-refractivity contribution is 0.107. The van der Waals surface area contributed by atoms with E-state index in [-0.39, 0.29) is 0 Å². The van der Waals surface area contributed by atoms with Crippen molar-refractivity contribution >= 4 is 0 Å². The summed E-state index contributed by atoms with van der Waals surface area (Å²) in [5.41, 5.74) is 3.29. The fourth-order valence-corrected chi connectivity index (χ4v) is 5.09. The van der Waals surface area contributed by atoms with Gasteiger partial charge in [0, 0.05) is 11.5 Å². The van der Waals surface area contributed by atoms with Crippen molar-refractivity contribution in [1.82, 2.24) is 5.32 Å². The molecule has 1 aromatic carbocycles. The van der Waals surface area contributed by atoms with Gasteiger partial charge in [0.1, 0.15) is 5.75 Å². The van der Waals surface area contributed by atoms with Crippen LogP contribution in [0.3, 0.4) is 0 Å². The van der Waals surface area contributed by atoms with Crippen LogP contribution in [0, 0.1) is 5.92 Å². The minimum absolute atomic E-state index is 0.348. The van der Waals surface area contributed by atoms with Gasteiger partial charge in [-0.25, -0.2) is 0 Å². The normalized spacial score (nSPS) is 31.5. The number of rotatable bonds is 4. The van der Waals surface area contributed by atoms with Crippen molar-refractivity contribution in [2.75, 3.05) is 6.54 Å². The Bertz CT molecular complexity index is 492. The van der Waals surface area contributed by atoms with Crippen LogP contribution >= 0.6 is 0 Å². The molecule has 116 valence electrons. The van der Waals surface area contributed by atoms with E-state index in [0.717, 1.165) is 18.9 Å². The zero-order chi connectivity index (χ0) is 14.9. The summed E-state index contributed by atoms with van der Waals surface area (Å²) in [4.78, 5) is 0. The van der Waals surface area contributed by atoms with Gasteiger partial charge in [-0.05, 0) is 67.8 Å². The number of phenolic OH excluding ortho intramolecular Hbond substituents is 1. The molecule has 3 atom stereocenters. The van der Waals surface area contributed by atoms with Gasteiger partial charge in [0.2, 0.25) is 0 Å². The van der Waals surface area contributed by atoms with Crippen molar-refractivity contribution in [3.8, 4) is 5.75 Å². The van der Waals surface area contributed by atoms with Crippen LogP contribution in [0.15, 0.2) is 18.2 Å². The number of aryl methyl sites for hydroxylation is 1. The summed E-state index contributed by atoms with van der Waals surface area (Å²) in [5, 5.41) is 13.6. The van der Waals surface area contributed by atoms with E-state index in [2.05, 4.69) is 25.2 Å². The molecular formula is C19H29NO. The van der Waals surface area contributed by atoms with Crippen LogP contribution in [0.4, 0.5) is 0 Å². The van der Waals surface area contributed by atoms with Crippen LogP contribution in [-0.4, -0.2) is 17.7 Å². The Morgan fingerprint density at radius 3 is 2.90 bits per heavy atom. The summed E-state index contributed by atoms with van der Waals surface area (Å²) in [5.74, 6) is 1.20. The van der Waals surface area contributed by atoms with Crippen molar-refractivity contribution in [1.29, 1.82) is 0 Å². The number of fused-ring (bicyclic) bond motifs is 3. The quantitative estimate of drug-likeness (QED) is 0.871. The molecule has 1 fully saturated rings. The monoisotopic (exact) mass is 287 g/mol. The lowest BCUT2D eigenvalue weighted by Gasteiger charge is -2.53. The topological polar surface area (TPSA) is 32.3 Å². The van der Waals surface area contributed by atoms with Crippen LogP contribution in [-0.2, 0) is 11.8 Å². The molecular weight excluding hydrogens is 258 g/mol. The predicted octanol–water partition coefficient (Wildman–Crippen LogP) is 4.15. The third-order valence-electron chi connectivity index (χ3n) is 5.82. The molecule has 0 saturated carbocycles. The first-order chi connectivity index (χ1) is 10.2. The largest absolute Gasteiger partial charge is 0.508 e. The average Bonchev–Trinajstić information content (AvgIpc) is 2.47. The molecule has 2 heteroatoms. The van der Waals surface area contributed by atoms with Crippen molar-refractivity contribution in [3.63, 3.8) is 0 Å². The number of aromatic hydroxyl groups is 1. The molecule has 21 heavy (non-hydrogen) atoms. The van der Waals surface area contributed by atoms with Crippen molar-refractivity contribution in [3.05, 3.63) is 29.3 Å². The maximum Gasteiger partial charge on any atom is 0.115 e. The SMILES string of the molecule is CCCC1NCCC2(CCC)c3ccc(O)cc3CCC12. The van der Waals surface area contributed by atoms with E-state index in [0.29, 0.717) is 17.2 Å². The first kappa shape index (κ1) is 14.9. The van der Waals surface area contributed by atoms with Gasteiger partial charge >= 0.3 is 0 Å². The van der Waals surface area contributed by atoms with Crippen LogP contribution < -0.4 is 5.32 Å². The Hall–Kier alpha value is -1.02. The van der Waals surface area contributed by atoms with E-state index in [1.165, 1.54) is 44.1 Å². The lowest BCUT2D eigenvalue weighted by Crippen LogP contribution is -2.56. The molecule has 2 aliphatic rings. The fraction of sp³-hybridized carbons (Fsp3) is 0.684. The van der Waals surface area contributed by atoms with Gasteiger partial charge in [-0.2, -0.15) is 0 Å². The Kier molecular flexibility index (Phi) is 4.26. The Morgan fingerprint density at radius 2 is 2.14 bits per heavy atom. The number of piperidine rings is 1. The number of hydrogen-bond donors (Lipinski definition) is 2. The Balaban J connectivity index is 2.04. The third-order valence-corrected chi connectivity index (χ3v) is 5.82. The average molecular weight is 287 g/mol. The van der Waals surface area contributed by atoms with Crippen molar-refractivity contribution in [2.45, 2.75) is 70.3 Å². The third kappa shape index (κ3) is 2.48. The van der Waals surface area contributed by atoms with E-state index >= 15 is 0 Å². The fourth-order valence-electron chi connectivity index (χ4n) is 5.09. The smallest absolute Gasteiger partial charge is 0.115 e. The molecule has 0 radical (unpaired) electrons. The van der Waals surface area contributed by atoms with Crippen LogP contribution in [0.1, 0.15) is 63.5 Å². The molecule has 0 aromatic heterocycles. The van der Waals surface area contributed by atoms with E-state index in [1.54, 1.807) is 5.56 Å². The molecule has 0 spiro atoms. The number of benzene rings is 1. The second-order valence-corrected chi connectivity index (χ2v) is 6.99. The highest BCUT2D eigenvalue weighted by atomic mass is 16.3. The van der Waals surface area contributed by atoms with Gasteiger partial charge in [-0.15, -0.1) is 0 Å². The summed E-state index contributed by atoms with van der Waals surface area (Å²) in [6.07, 6.45) is 8.74. The molecule has 2 N–H and O–H groups in total. The van der Waals surface area contributed by atoms with Gasteiger partial charge in [0.15, 0.2) is 0 Å². The second-order valence-electron chi connectivity index (χ2n) is 6.99. The minimum Gasteiger partial charge on any atom is -0.508 e. The Labute approximate surface area is 129 Å². The van der Waals surface area contributed by atoms with E-state index in [1.807, 2.05) is 12.1 Å². The predicted molar refractivity (Wildman–Crippen MR) is 87.8 cm³/mol. The zero-order valence-electron chi connectivity index (χ0n) is 13.5. The van der Waals surface area contributed by atoms with Crippen LogP contribution in [0.2, 0.25) is 0 Å². The molecule has 1 saturated heterocycles. The van der Waals surface area contributed by atoms with Gasteiger partial charge < -0.3 is 10.4 Å². The zero-order valence-corrected chi connectivity index (χ0v) is 13.5. The maximum absolute atomic E-state index is 9.82. The summed E-state index contributed by atoms with van der Waals surface area (Å²) < 4.78 is 0. The van der Waals surface area contributed by atoms with Gasteiger partial charge in [0.05, 0.1) is 0 Å². The highest BCUT2D eigenvalue weighted by molar-refractivity contribution is 5.43. The highest BCUT2D eigenvalue weighted by Crippen LogP contribution is 2.51. The first-order valence-electron chi connectivity index (χ1n) is 8.77. The van der Waals surface area contributed by atoms with Crippen LogP contribution in [0.5, 0.6) is 5.75 Å². The lowest BCUT2D eigenvalue weighted by atomic mass is 9.55. The molecule has 1 aromatic rings. The number of hydrogen-bond acceptors (Lipinski definition) is 2. The second kappa shape index (κ2) is 6.00. The van der Waals surface area contributed by atoms with Gasteiger partial charge in [-0.3, -0.25) is 0 Å². The number of nitrogens with one attached hydrogen (secondary N) is 1. The molecule has 0 amide bonds. The van der Waals surface area contributed by atoms with Gasteiger partial charge in [-0.1, -0.05) is 32.8 Å². The first-order valence-corrected chi connectivity index (χ1v) is 8.77. The maximum atomic E-state index is 9.82. The summed E-state index contributed by atoms with van der Waals surface area (Å²) in [6, 6.07) is 6.81. The van der Waals surface area contributed by atoms with E-state index in [9.17, 15) is 5.11 Å². The van der Waals surface area contributed by atoms with Gasteiger partial charge in [0.25, 0.3) is 0 Å². The minimum atomic E-state index is 0.348. The molecule has 0 bridgehead atoms. The van der Waals surface area contributed by atoms with E-state index in [4.69, 9.17) is 0 Å². The Morgan fingerprint density at radius 1 is 1.29 bits per heavy atom. The highest BCUT2D eigenvalue weighted by Gasteiger charge is 2.48. The van der Waals surface area contributed by atoms with E-state index < -0.39 is 0 Å². The molecule has 1 heterocycles. The molecule has 1 aliphatic carbocycles. The van der Waals surface area contributed by atoms with Crippen LogP contribution in [0.25, 0.3) is 0 Å². The summed E-state index contributed by atoms with van der Waals surface area (Å²) >= 11 is 0.